The van der Waals surface area contributed by atoms with E-state index in [1.165, 1.54) is 36.4 Å². The van der Waals surface area contributed by atoms with Gasteiger partial charge in [0.1, 0.15) is 0 Å². The molecule has 9 heteroatoms. The van der Waals surface area contributed by atoms with E-state index >= 15 is 0 Å². The SMILES string of the molecule is O=C(/C=C/c1ccccc1)Nc1ccccc1C(=O)NNC(=O)c1ccc([N+](=O)[O-])cc1. The van der Waals surface area contributed by atoms with Crippen LogP contribution < -0.4 is 16.2 Å². The standard InChI is InChI=1S/C23H18N4O5/c28-21(15-10-16-6-2-1-3-7-16)24-20-9-5-4-8-19(20)23(30)26-25-22(29)17-11-13-18(14-12-17)27(31)32/h1-15H,(H,24,28)(H,25,29)(H,26,30)/b15-10+. The number of para-hydroxylation sites is 1. The molecule has 0 unspecified atom stereocenters. The molecule has 0 saturated carbocycles. The molecule has 0 bridgehead atoms. The highest BCUT2D eigenvalue weighted by Crippen LogP contribution is 2.15. The van der Waals surface area contributed by atoms with Crippen LogP contribution in [0.25, 0.3) is 6.08 Å². The van der Waals surface area contributed by atoms with Crippen molar-refractivity contribution in [2.24, 2.45) is 0 Å². The number of nitro groups is 1. The molecule has 9 nitrogen and oxygen atoms in total. The van der Waals surface area contributed by atoms with Crippen LogP contribution in [0.3, 0.4) is 0 Å². The fraction of sp³-hybridized carbons (Fsp3) is 0. The number of anilines is 1. The summed E-state index contributed by atoms with van der Waals surface area (Å²) in [5, 5.41) is 13.3. The van der Waals surface area contributed by atoms with E-state index in [-0.39, 0.29) is 22.5 Å². The normalized spacial score (nSPS) is 10.4. The third-order valence-corrected chi connectivity index (χ3v) is 4.29. The van der Waals surface area contributed by atoms with Gasteiger partial charge < -0.3 is 5.32 Å². The molecule has 0 aliphatic heterocycles. The van der Waals surface area contributed by atoms with Crippen LogP contribution in [0.15, 0.2) is 84.9 Å². The third kappa shape index (κ3) is 5.86. The number of benzene rings is 3. The second-order valence-electron chi connectivity index (χ2n) is 6.49. The first-order valence-corrected chi connectivity index (χ1v) is 9.42. The summed E-state index contributed by atoms with van der Waals surface area (Å²) in [4.78, 5) is 47.0. The Morgan fingerprint density at radius 1 is 0.781 bits per heavy atom. The third-order valence-electron chi connectivity index (χ3n) is 4.29. The van der Waals surface area contributed by atoms with Crippen LogP contribution in [0.1, 0.15) is 26.3 Å². The lowest BCUT2D eigenvalue weighted by Gasteiger charge is -2.11. The molecule has 0 aromatic heterocycles. The van der Waals surface area contributed by atoms with E-state index in [0.29, 0.717) is 0 Å². The molecule has 3 aromatic carbocycles. The highest BCUT2D eigenvalue weighted by molar-refractivity contribution is 6.08. The van der Waals surface area contributed by atoms with Crippen molar-refractivity contribution in [2.75, 3.05) is 5.32 Å². The van der Waals surface area contributed by atoms with Gasteiger partial charge in [-0.25, -0.2) is 0 Å². The number of nitrogens with zero attached hydrogens (tertiary/aromatic N) is 1. The van der Waals surface area contributed by atoms with Crippen LogP contribution in [0.5, 0.6) is 0 Å². The molecular formula is C23H18N4O5. The van der Waals surface area contributed by atoms with Crippen LogP contribution >= 0.6 is 0 Å². The quantitative estimate of drug-likeness (QED) is 0.314. The van der Waals surface area contributed by atoms with Gasteiger partial charge in [0, 0.05) is 23.8 Å². The summed E-state index contributed by atoms with van der Waals surface area (Å²) in [6.07, 6.45) is 2.99. The fourth-order valence-corrected chi connectivity index (χ4v) is 2.69. The Kier molecular flexibility index (Phi) is 7.05. The average Bonchev–Trinajstić information content (AvgIpc) is 2.82. The van der Waals surface area contributed by atoms with Crippen LogP contribution in [0.2, 0.25) is 0 Å². The molecule has 0 saturated heterocycles. The van der Waals surface area contributed by atoms with Crippen LogP contribution in [-0.4, -0.2) is 22.6 Å². The molecule has 3 amide bonds. The predicted molar refractivity (Wildman–Crippen MR) is 119 cm³/mol. The van der Waals surface area contributed by atoms with Gasteiger partial charge in [-0.1, -0.05) is 42.5 Å². The van der Waals surface area contributed by atoms with E-state index in [2.05, 4.69) is 16.2 Å². The molecule has 0 spiro atoms. The molecule has 0 atom stereocenters. The largest absolute Gasteiger partial charge is 0.322 e. The Hall–Kier alpha value is -4.79. The minimum atomic E-state index is -0.652. The summed E-state index contributed by atoms with van der Waals surface area (Å²) >= 11 is 0. The number of amides is 3. The molecule has 0 aliphatic rings. The molecule has 160 valence electrons. The summed E-state index contributed by atoms with van der Waals surface area (Å²) < 4.78 is 0. The lowest BCUT2D eigenvalue weighted by molar-refractivity contribution is -0.384. The maximum atomic E-state index is 12.5. The zero-order valence-corrected chi connectivity index (χ0v) is 16.6. The van der Waals surface area contributed by atoms with Gasteiger partial charge in [-0.15, -0.1) is 0 Å². The minimum absolute atomic E-state index is 0.128. The van der Waals surface area contributed by atoms with Gasteiger partial charge in [-0.05, 0) is 35.9 Å². The Morgan fingerprint density at radius 3 is 2.09 bits per heavy atom. The average molecular weight is 430 g/mol. The van der Waals surface area contributed by atoms with Gasteiger partial charge in [-0.2, -0.15) is 0 Å². The van der Waals surface area contributed by atoms with E-state index in [0.717, 1.165) is 5.56 Å². The minimum Gasteiger partial charge on any atom is -0.322 e. The smallest absolute Gasteiger partial charge is 0.271 e. The molecule has 0 fully saturated rings. The summed E-state index contributed by atoms with van der Waals surface area (Å²) in [6.45, 7) is 0. The maximum absolute atomic E-state index is 12.5. The van der Waals surface area contributed by atoms with Crippen LogP contribution in [0.4, 0.5) is 11.4 Å². The van der Waals surface area contributed by atoms with Crippen LogP contribution in [0, 0.1) is 10.1 Å². The number of nitrogens with one attached hydrogen (secondary N) is 3. The number of non-ortho nitro benzene ring substituents is 1. The predicted octanol–water partition coefficient (Wildman–Crippen LogP) is 3.32. The number of carbonyl (C=O) groups excluding carboxylic acids is 3. The van der Waals surface area contributed by atoms with E-state index in [1.54, 1.807) is 24.3 Å². The lowest BCUT2D eigenvalue weighted by Crippen LogP contribution is -2.41. The molecular weight excluding hydrogens is 412 g/mol. The van der Waals surface area contributed by atoms with E-state index < -0.39 is 22.6 Å². The highest BCUT2D eigenvalue weighted by Gasteiger charge is 2.14. The topological polar surface area (TPSA) is 130 Å². The van der Waals surface area contributed by atoms with Crippen molar-refractivity contribution in [3.8, 4) is 0 Å². The van der Waals surface area contributed by atoms with E-state index in [4.69, 9.17) is 0 Å². The molecule has 3 aromatic rings. The van der Waals surface area contributed by atoms with Gasteiger partial charge >= 0.3 is 0 Å². The summed E-state index contributed by atoms with van der Waals surface area (Å²) in [7, 11) is 0. The molecule has 0 aliphatic carbocycles. The number of rotatable bonds is 6. The maximum Gasteiger partial charge on any atom is 0.271 e. The first kappa shape index (κ1) is 21.9. The van der Waals surface area contributed by atoms with Crippen molar-refractivity contribution in [1.82, 2.24) is 10.9 Å². The molecule has 0 heterocycles. The van der Waals surface area contributed by atoms with Gasteiger partial charge in [0.05, 0.1) is 16.2 Å². The van der Waals surface area contributed by atoms with Gasteiger partial charge in [0.2, 0.25) is 5.91 Å². The number of hydrazine groups is 1. The molecule has 3 rings (SSSR count). The van der Waals surface area contributed by atoms with Crippen molar-refractivity contribution in [1.29, 1.82) is 0 Å². The Morgan fingerprint density at radius 2 is 1.41 bits per heavy atom. The van der Waals surface area contributed by atoms with Crippen molar-refractivity contribution < 1.29 is 19.3 Å². The number of hydrogen-bond donors (Lipinski definition) is 3. The summed E-state index contributed by atoms with van der Waals surface area (Å²) in [6, 6.07) is 20.5. The molecule has 3 N–H and O–H groups in total. The van der Waals surface area contributed by atoms with E-state index in [9.17, 15) is 24.5 Å². The Labute approximate surface area is 182 Å². The van der Waals surface area contributed by atoms with E-state index in [1.807, 2.05) is 30.3 Å². The zero-order chi connectivity index (χ0) is 22.9. The van der Waals surface area contributed by atoms with Gasteiger partial charge in [0.15, 0.2) is 0 Å². The molecule has 32 heavy (non-hydrogen) atoms. The first-order valence-electron chi connectivity index (χ1n) is 9.42. The summed E-state index contributed by atoms with van der Waals surface area (Å²) in [5.41, 5.74) is 5.72. The highest BCUT2D eigenvalue weighted by atomic mass is 16.6. The second kappa shape index (κ2) is 10.3. The number of carbonyl (C=O) groups is 3. The Balaban J connectivity index is 1.62. The van der Waals surface area contributed by atoms with Crippen molar-refractivity contribution in [3.05, 3.63) is 112 Å². The fourth-order valence-electron chi connectivity index (χ4n) is 2.69. The monoisotopic (exact) mass is 430 g/mol. The Bertz CT molecular complexity index is 1170. The first-order chi connectivity index (χ1) is 15.4. The molecule has 0 radical (unpaired) electrons. The van der Waals surface area contributed by atoms with Crippen molar-refractivity contribution in [3.63, 3.8) is 0 Å². The zero-order valence-electron chi connectivity index (χ0n) is 16.6. The van der Waals surface area contributed by atoms with Crippen molar-refractivity contribution in [2.45, 2.75) is 0 Å². The number of nitro benzene ring substituents is 1. The van der Waals surface area contributed by atoms with Crippen molar-refractivity contribution >= 4 is 35.2 Å². The summed E-state index contributed by atoms with van der Waals surface area (Å²) in [5.74, 6) is -1.73. The van der Waals surface area contributed by atoms with Gasteiger partial charge in [-0.3, -0.25) is 35.3 Å². The van der Waals surface area contributed by atoms with Gasteiger partial charge in [0.25, 0.3) is 17.5 Å². The number of hydrogen-bond acceptors (Lipinski definition) is 5. The lowest BCUT2D eigenvalue weighted by atomic mass is 10.1. The van der Waals surface area contributed by atoms with Crippen LogP contribution in [-0.2, 0) is 4.79 Å². The second-order valence-corrected chi connectivity index (χ2v) is 6.49.